The lowest BCUT2D eigenvalue weighted by molar-refractivity contribution is -0.132. The lowest BCUT2D eigenvalue weighted by atomic mass is 10.2. The Balaban J connectivity index is 2.09. The summed E-state index contributed by atoms with van der Waals surface area (Å²) >= 11 is 11.7. The standard InChI is InChI=1S/C14H18Cl2N2O3S/c1-2-3-14(19)17-6-8-18(9-7-17)22(20,21)11-4-5-12(15)13(16)10-11/h4-5,10H,2-3,6-9H2,1H3. The molecule has 1 aromatic rings. The molecule has 1 aliphatic rings. The SMILES string of the molecule is CCCC(=O)N1CCN(S(=O)(=O)c2ccc(Cl)c(Cl)c2)CC1. The summed E-state index contributed by atoms with van der Waals surface area (Å²) in [5, 5.41) is 0.523. The van der Waals surface area contributed by atoms with Crippen LogP contribution in [0.4, 0.5) is 0 Å². The molecule has 0 radical (unpaired) electrons. The van der Waals surface area contributed by atoms with E-state index >= 15 is 0 Å². The highest BCUT2D eigenvalue weighted by Crippen LogP contribution is 2.27. The summed E-state index contributed by atoms with van der Waals surface area (Å²) < 4.78 is 26.5. The van der Waals surface area contributed by atoms with E-state index in [0.29, 0.717) is 24.5 Å². The topological polar surface area (TPSA) is 57.7 Å². The molecule has 1 saturated heterocycles. The second kappa shape index (κ2) is 7.17. The number of amides is 1. The maximum absolute atomic E-state index is 12.6. The van der Waals surface area contributed by atoms with Gasteiger partial charge in [0.1, 0.15) is 0 Å². The van der Waals surface area contributed by atoms with Crippen LogP contribution in [0.3, 0.4) is 0 Å². The molecule has 22 heavy (non-hydrogen) atoms. The van der Waals surface area contributed by atoms with Gasteiger partial charge in [0, 0.05) is 32.6 Å². The van der Waals surface area contributed by atoms with Crippen LogP contribution in [0.1, 0.15) is 19.8 Å². The number of rotatable bonds is 4. The number of benzene rings is 1. The fraction of sp³-hybridized carbons (Fsp3) is 0.500. The average Bonchev–Trinajstić information content (AvgIpc) is 2.50. The molecule has 0 spiro atoms. The molecule has 1 aromatic carbocycles. The molecule has 0 saturated carbocycles. The fourth-order valence-electron chi connectivity index (χ4n) is 2.34. The third kappa shape index (κ3) is 3.74. The van der Waals surface area contributed by atoms with E-state index in [-0.39, 0.29) is 28.9 Å². The first-order valence-corrected chi connectivity index (χ1v) is 9.29. The number of nitrogens with zero attached hydrogens (tertiary/aromatic N) is 2. The molecule has 1 heterocycles. The van der Waals surface area contributed by atoms with Crippen LogP contribution in [0.15, 0.2) is 23.1 Å². The Kier molecular flexibility index (Phi) is 5.71. The van der Waals surface area contributed by atoms with E-state index in [2.05, 4.69) is 0 Å². The van der Waals surface area contributed by atoms with Gasteiger partial charge < -0.3 is 4.90 Å². The molecule has 5 nitrogen and oxygen atoms in total. The Bertz CT molecular complexity index is 656. The van der Waals surface area contributed by atoms with Crippen LogP contribution in [-0.2, 0) is 14.8 Å². The van der Waals surface area contributed by atoms with Crippen LogP contribution in [0.5, 0.6) is 0 Å². The number of hydrogen-bond acceptors (Lipinski definition) is 3. The van der Waals surface area contributed by atoms with E-state index in [4.69, 9.17) is 23.2 Å². The van der Waals surface area contributed by atoms with Gasteiger partial charge in [-0.05, 0) is 24.6 Å². The Morgan fingerprint density at radius 2 is 1.77 bits per heavy atom. The van der Waals surface area contributed by atoms with Crippen LogP contribution < -0.4 is 0 Å². The molecular weight excluding hydrogens is 347 g/mol. The van der Waals surface area contributed by atoms with Crippen molar-refractivity contribution in [3.05, 3.63) is 28.2 Å². The number of carbonyl (C=O) groups excluding carboxylic acids is 1. The summed E-state index contributed by atoms with van der Waals surface area (Å²) in [7, 11) is -3.61. The summed E-state index contributed by atoms with van der Waals surface area (Å²) in [6.07, 6.45) is 1.29. The molecule has 0 aromatic heterocycles. The molecule has 0 unspecified atom stereocenters. The quantitative estimate of drug-likeness (QED) is 0.824. The van der Waals surface area contributed by atoms with Gasteiger partial charge in [-0.15, -0.1) is 0 Å². The molecule has 8 heteroatoms. The molecule has 0 aliphatic carbocycles. The minimum Gasteiger partial charge on any atom is -0.340 e. The summed E-state index contributed by atoms with van der Waals surface area (Å²) in [6.45, 7) is 3.36. The number of sulfonamides is 1. The molecule has 122 valence electrons. The average molecular weight is 365 g/mol. The normalized spacial score (nSPS) is 16.8. The summed E-state index contributed by atoms with van der Waals surface area (Å²) in [5.74, 6) is 0.0779. The van der Waals surface area contributed by atoms with Gasteiger partial charge in [-0.1, -0.05) is 30.1 Å². The number of piperazine rings is 1. The van der Waals surface area contributed by atoms with Crippen LogP contribution in [-0.4, -0.2) is 49.7 Å². The van der Waals surface area contributed by atoms with Crippen LogP contribution in [0, 0.1) is 0 Å². The lowest BCUT2D eigenvalue weighted by Crippen LogP contribution is -2.50. The van der Waals surface area contributed by atoms with Crippen molar-refractivity contribution in [3.63, 3.8) is 0 Å². The van der Waals surface area contributed by atoms with Crippen molar-refractivity contribution in [3.8, 4) is 0 Å². The smallest absolute Gasteiger partial charge is 0.243 e. The highest BCUT2D eigenvalue weighted by Gasteiger charge is 2.30. The second-order valence-electron chi connectivity index (χ2n) is 5.11. The van der Waals surface area contributed by atoms with E-state index in [1.54, 1.807) is 4.90 Å². The molecule has 0 N–H and O–H groups in total. The zero-order valence-corrected chi connectivity index (χ0v) is 14.6. The van der Waals surface area contributed by atoms with Crippen molar-refractivity contribution >= 4 is 39.1 Å². The van der Waals surface area contributed by atoms with E-state index in [1.165, 1.54) is 22.5 Å². The van der Waals surface area contributed by atoms with Gasteiger partial charge in [-0.25, -0.2) is 8.42 Å². The zero-order chi connectivity index (χ0) is 16.3. The van der Waals surface area contributed by atoms with Gasteiger partial charge >= 0.3 is 0 Å². The first-order chi connectivity index (χ1) is 10.4. The number of halogens is 2. The van der Waals surface area contributed by atoms with E-state index in [1.807, 2.05) is 6.92 Å². The Morgan fingerprint density at radius 1 is 1.14 bits per heavy atom. The maximum Gasteiger partial charge on any atom is 0.243 e. The van der Waals surface area contributed by atoms with Crippen LogP contribution in [0.25, 0.3) is 0 Å². The van der Waals surface area contributed by atoms with E-state index in [9.17, 15) is 13.2 Å². The summed E-state index contributed by atoms with van der Waals surface area (Å²) in [4.78, 5) is 13.7. The van der Waals surface area contributed by atoms with Gasteiger partial charge in [0.05, 0.1) is 14.9 Å². The van der Waals surface area contributed by atoms with Crippen molar-refractivity contribution in [2.24, 2.45) is 0 Å². The van der Waals surface area contributed by atoms with Crippen molar-refractivity contribution in [1.82, 2.24) is 9.21 Å². The minimum absolute atomic E-state index is 0.0779. The molecular formula is C14H18Cl2N2O3S. The van der Waals surface area contributed by atoms with Gasteiger partial charge in [-0.2, -0.15) is 4.31 Å². The van der Waals surface area contributed by atoms with Gasteiger partial charge in [0.25, 0.3) is 0 Å². The van der Waals surface area contributed by atoms with Gasteiger partial charge in [0.15, 0.2) is 0 Å². The second-order valence-corrected chi connectivity index (χ2v) is 7.86. The monoisotopic (exact) mass is 364 g/mol. The molecule has 1 amide bonds. The molecule has 0 bridgehead atoms. The van der Waals surface area contributed by atoms with Gasteiger partial charge in [0.2, 0.25) is 15.9 Å². The van der Waals surface area contributed by atoms with E-state index in [0.717, 1.165) is 6.42 Å². The summed E-state index contributed by atoms with van der Waals surface area (Å²) in [5.41, 5.74) is 0. The highest BCUT2D eigenvalue weighted by molar-refractivity contribution is 7.89. The first-order valence-electron chi connectivity index (χ1n) is 7.09. The largest absolute Gasteiger partial charge is 0.340 e. The Labute approximate surface area is 140 Å². The fourth-order valence-corrected chi connectivity index (χ4v) is 4.15. The molecule has 2 rings (SSSR count). The van der Waals surface area contributed by atoms with Crippen molar-refractivity contribution in [2.75, 3.05) is 26.2 Å². The van der Waals surface area contributed by atoms with Crippen LogP contribution in [0.2, 0.25) is 10.0 Å². The van der Waals surface area contributed by atoms with Gasteiger partial charge in [-0.3, -0.25) is 4.79 Å². The molecule has 0 atom stereocenters. The Morgan fingerprint density at radius 3 is 2.32 bits per heavy atom. The maximum atomic E-state index is 12.6. The third-order valence-corrected chi connectivity index (χ3v) is 6.22. The number of carbonyl (C=O) groups is 1. The molecule has 1 aliphatic heterocycles. The lowest BCUT2D eigenvalue weighted by Gasteiger charge is -2.34. The zero-order valence-electron chi connectivity index (χ0n) is 12.3. The first kappa shape index (κ1) is 17.5. The molecule has 1 fully saturated rings. The predicted molar refractivity (Wildman–Crippen MR) is 86.7 cm³/mol. The number of hydrogen-bond donors (Lipinski definition) is 0. The third-order valence-electron chi connectivity index (χ3n) is 3.58. The minimum atomic E-state index is -3.61. The van der Waals surface area contributed by atoms with Crippen molar-refractivity contribution in [1.29, 1.82) is 0 Å². The summed E-state index contributed by atoms with van der Waals surface area (Å²) in [6, 6.07) is 4.27. The van der Waals surface area contributed by atoms with Crippen LogP contribution >= 0.6 is 23.2 Å². The van der Waals surface area contributed by atoms with E-state index < -0.39 is 10.0 Å². The Hall–Kier alpha value is -0.820. The predicted octanol–water partition coefficient (Wildman–Crippen LogP) is 2.63. The highest BCUT2D eigenvalue weighted by atomic mass is 35.5. The van der Waals surface area contributed by atoms with Crippen molar-refractivity contribution < 1.29 is 13.2 Å². The van der Waals surface area contributed by atoms with Crippen molar-refractivity contribution in [2.45, 2.75) is 24.7 Å².